The minimum absolute atomic E-state index is 0.315. The lowest BCUT2D eigenvalue weighted by atomic mass is 9.86. The Kier molecular flexibility index (Phi) is 5.86. The van der Waals surface area contributed by atoms with Crippen LogP contribution in [0.25, 0.3) is 0 Å². The largest absolute Gasteiger partial charge is 0.496 e. The lowest BCUT2D eigenvalue weighted by Gasteiger charge is -2.32. The summed E-state index contributed by atoms with van der Waals surface area (Å²) in [5.74, 6) is 3.07. The SMILES string of the molecule is COc1cc([C@H]2CC[C@@H](c3ccccc3OC)NC2)c(OC)cc1Br. The molecule has 1 aliphatic rings. The van der Waals surface area contributed by atoms with Gasteiger partial charge in [-0.3, -0.25) is 0 Å². The van der Waals surface area contributed by atoms with Crippen molar-refractivity contribution in [1.82, 2.24) is 5.32 Å². The van der Waals surface area contributed by atoms with Gasteiger partial charge in [-0.15, -0.1) is 0 Å². The smallest absolute Gasteiger partial charge is 0.133 e. The quantitative estimate of drug-likeness (QED) is 0.783. The number of hydrogen-bond donors (Lipinski definition) is 1. The number of piperidine rings is 1. The Bertz CT molecular complexity index is 727. The zero-order chi connectivity index (χ0) is 17.8. The minimum Gasteiger partial charge on any atom is -0.496 e. The van der Waals surface area contributed by atoms with E-state index in [1.54, 1.807) is 21.3 Å². The molecule has 1 fully saturated rings. The van der Waals surface area contributed by atoms with E-state index in [1.807, 2.05) is 18.2 Å². The van der Waals surface area contributed by atoms with Crippen molar-refractivity contribution >= 4 is 15.9 Å². The summed E-state index contributed by atoms with van der Waals surface area (Å²) in [5.41, 5.74) is 2.41. The van der Waals surface area contributed by atoms with Crippen molar-refractivity contribution < 1.29 is 14.2 Å². The van der Waals surface area contributed by atoms with Crippen LogP contribution in [0.3, 0.4) is 0 Å². The third kappa shape index (κ3) is 3.77. The zero-order valence-electron chi connectivity index (χ0n) is 14.8. The van der Waals surface area contributed by atoms with E-state index in [1.165, 1.54) is 11.1 Å². The molecule has 25 heavy (non-hydrogen) atoms. The van der Waals surface area contributed by atoms with Gasteiger partial charge in [0.2, 0.25) is 0 Å². The Balaban J connectivity index is 1.78. The molecule has 5 heteroatoms. The fourth-order valence-electron chi connectivity index (χ4n) is 3.54. The number of halogens is 1. The molecule has 0 saturated carbocycles. The standard InChI is InChI=1S/C20H24BrNO3/c1-23-18-7-5-4-6-14(18)17-9-8-13(12-22-17)15-10-20(25-3)16(21)11-19(15)24-2/h4-7,10-11,13,17,22H,8-9,12H2,1-3H3/t13-,17-/m0/s1. The molecule has 0 unspecified atom stereocenters. The molecule has 0 bridgehead atoms. The molecule has 1 heterocycles. The van der Waals surface area contributed by atoms with Crippen molar-refractivity contribution in [3.8, 4) is 17.2 Å². The van der Waals surface area contributed by atoms with Crippen LogP contribution in [0.5, 0.6) is 17.2 Å². The number of hydrogen-bond acceptors (Lipinski definition) is 4. The molecule has 0 radical (unpaired) electrons. The highest BCUT2D eigenvalue weighted by molar-refractivity contribution is 9.10. The zero-order valence-corrected chi connectivity index (χ0v) is 16.4. The van der Waals surface area contributed by atoms with Crippen LogP contribution < -0.4 is 19.5 Å². The molecule has 0 spiro atoms. The van der Waals surface area contributed by atoms with Crippen LogP contribution in [0.1, 0.15) is 35.9 Å². The first-order valence-electron chi connectivity index (χ1n) is 8.45. The first kappa shape index (κ1) is 18.1. The van der Waals surface area contributed by atoms with Crippen LogP contribution in [-0.2, 0) is 0 Å². The lowest BCUT2D eigenvalue weighted by Crippen LogP contribution is -2.32. The van der Waals surface area contributed by atoms with E-state index in [0.717, 1.165) is 41.1 Å². The summed E-state index contributed by atoms with van der Waals surface area (Å²) in [5, 5.41) is 3.67. The molecule has 1 aliphatic heterocycles. The normalized spacial score (nSPS) is 20.2. The van der Waals surface area contributed by atoms with Crippen LogP contribution >= 0.6 is 15.9 Å². The van der Waals surface area contributed by atoms with Crippen LogP contribution in [0, 0.1) is 0 Å². The average Bonchev–Trinajstić information content (AvgIpc) is 2.67. The predicted molar refractivity (Wildman–Crippen MR) is 103 cm³/mol. The van der Waals surface area contributed by atoms with E-state index in [0.29, 0.717) is 12.0 Å². The Morgan fingerprint density at radius 3 is 2.24 bits per heavy atom. The van der Waals surface area contributed by atoms with E-state index >= 15 is 0 Å². The van der Waals surface area contributed by atoms with Crippen molar-refractivity contribution in [1.29, 1.82) is 0 Å². The van der Waals surface area contributed by atoms with Gasteiger partial charge in [0.1, 0.15) is 17.2 Å². The maximum absolute atomic E-state index is 5.59. The number of nitrogens with one attached hydrogen (secondary N) is 1. The number of ether oxygens (including phenoxy) is 3. The van der Waals surface area contributed by atoms with Gasteiger partial charge >= 0.3 is 0 Å². The number of para-hydroxylation sites is 1. The van der Waals surface area contributed by atoms with Gasteiger partial charge in [0.25, 0.3) is 0 Å². The molecule has 2 aromatic carbocycles. The third-order valence-corrected chi connectivity index (χ3v) is 5.49. The molecule has 2 aromatic rings. The van der Waals surface area contributed by atoms with E-state index in [2.05, 4.69) is 39.4 Å². The average molecular weight is 406 g/mol. The van der Waals surface area contributed by atoms with Crippen molar-refractivity contribution in [3.05, 3.63) is 52.0 Å². The summed E-state index contributed by atoms with van der Waals surface area (Å²) < 4.78 is 17.5. The van der Waals surface area contributed by atoms with Gasteiger partial charge in [0.05, 0.1) is 25.8 Å². The summed E-state index contributed by atoms with van der Waals surface area (Å²) in [4.78, 5) is 0. The van der Waals surface area contributed by atoms with Crippen molar-refractivity contribution in [2.75, 3.05) is 27.9 Å². The molecule has 0 amide bonds. The first-order valence-corrected chi connectivity index (χ1v) is 9.25. The molecule has 1 saturated heterocycles. The van der Waals surface area contributed by atoms with Gasteiger partial charge in [-0.2, -0.15) is 0 Å². The molecule has 2 atom stereocenters. The Hall–Kier alpha value is -1.72. The summed E-state index contributed by atoms with van der Waals surface area (Å²) >= 11 is 3.53. The van der Waals surface area contributed by atoms with Crippen LogP contribution in [-0.4, -0.2) is 27.9 Å². The molecule has 0 aromatic heterocycles. The topological polar surface area (TPSA) is 39.7 Å². The summed E-state index contributed by atoms with van der Waals surface area (Å²) in [6.45, 7) is 0.893. The highest BCUT2D eigenvalue weighted by Gasteiger charge is 2.27. The predicted octanol–water partition coefficient (Wildman–Crippen LogP) is 4.68. The van der Waals surface area contributed by atoms with E-state index in [-0.39, 0.29) is 0 Å². The number of rotatable bonds is 5. The van der Waals surface area contributed by atoms with Crippen molar-refractivity contribution in [2.45, 2.75) is 24.8 Å². The second kappa shape index (κ2) is 8.11. The molecule has 0 aliphatic carbocycles. The fraction of sp³-hybridized carbons (Fsp3) is 0.400. The Morgan fingerprint density at radius 1 is 0.880 bits per heavy atom. The maximum atomic E-state index is 5.59. The molecular weight excluding hydrogens is 382 g/mol. The van der Waals surface area contributed by atoms with Gasteiger partial charge < -0.3 is 19.5 Å². The van der Waals surface area contributed by atoms with Crippen LogP contribution in [0.2, 0.25) is 0 Å². The van der Waals surface area contributed by atoms with E-state index in [4.69, 9.17) is 14.2 Å². The van der Waals surface area contributed by atoms with Gasteiger partial charge in [-0.05, 0) is 47.0 Å². The lowest BCUT2D eigenvalue weighted by molar-refractivity contribution is 0.341. The third-order valence-electron chi connectivity index (χ3n) is 4.87. The molecule has 3 rings (SSSR count). The monoisotopic (exact) mass is 405 g/mol. The molecular formula is C20H24BrNO3. The van der Waals surface area contributed by atoms with Gasteiger partial charge in [0, 0.05) is 29.6 Å². The van der Waals surface area contributed by atoms with Gasteiger partial charge in [-0.25, -0.2) is 0 Å². The molecule has 4 nitrogen and oxygen atoms in total. The fourth-order valence-corrected chi connectivity index (χ4v) is 4.03. The minimum atomic E-state index is 0.315. The van der Waals surface area contributed by atoms with Crippen molar-refractivity contribution in [2.24, 2.45) is 0 Å². The summed E-state index contributed by atoms with van der Waals surface area (Å²) in [6, 6.07) is 12.6. The first-order chi connectivity index (χ1) is 12.2. The molecule has 1 N–H and O–H groups in total. The van der Waals surface area contributed by atoms with Crippen molar-refractivity contribution in [3.63, 3.8) is 0 Å². The second-order valence-corrected chi connectivity index (χ2v) is 7.06. The van der Waals surface area contributed by atoms with Gasteiger partial charge in [0.15, 0.2) is 0 Å². The van der Waals surface area contributed by atoms with E-state index in [9.17, 15) is 0 Å². The Morgan fingerprint density at radius 2 is 1.60 bits per heavy atom. The van der Waals surface area contributed by atoms with Crippen LogP contribution in [0.15, 0.2) is 40.9 Å². The maximum Gasteiger partial charge on any atom is 0.133 e. The van der Waals surface area contributed by atoms with E-state index < -0.39 is 0 Å². The highest BCUT2D eigenvalue weighted by Crippen LogP contribution is 2.41. The van der Waals surface area contributed by atoms with Gasteiger partial charge in [-0.1, -0.05) is 18.2 Å². The molecule has 134 valence electrons. The number of benzene rings is 2. The second-order valence-electron chi connectivity index (χ2n) is 6.21. The number of methoxy groups -OCH3 is 3. The summed E-state index contributed by atoms with van der Waals surface area (Å²) in [6.07, 6.45) is 2.13. The summed E-state index contributed by atoms with van der Waals surface area (Å²) in [7, 11) is 5.13. The Labute approximate surface area is 157 Å². The highest BCUT2D eigenvalue weighted by atomic mass is 79.9. The van der Waals surface area contributed by atoms with Crippen LogP contribution in [0.4, 0.5) is 0 Å².